The maximum atomic E-state index is 10.8. The Morgan fingerprint density at radius 1 is 0.167 bits per heavy atom. The molecule has 0 unspecified atom stereocenters. The van der Waals surface area contributed by atoms with E-state index in [9.17, 15) is 59.4 Å². The molecule has 0 amide bonds. The maximum absolute atomic E-state index is 10.8. The number of aryl methyl sites for hydroxylation is 6. The number of rotatable bonds is 26. The summed E-state index contributed by atoms with van der Waals surface area (Å²) in [4.78, 5) is 64.5. The van der Waals surface area contributed by atoms with Crippen molar-refractivity contribution in [3.8, 4) is 34.5 Å². The lowest BCUT2D eigenvalue weighted by atomic mass is 9.78. The van der Waals surface area contributed by atoms with Crippen molar-refractivity contribution in [1.82, 2.24) is 0 Å². The summed E-state index contributed by atoms with van der Waals surface area (Å²) in [5.41, 5.74) is 12.0. The summed E-state index contributed by atoms with van der Waals surface area (Å²) in [5, 5.41) is 184. The lowest BCUT2D eigenvalue weighted by Crippen LogP contribution is -2.37. The molecule has 0 saturated carbocycles. The van der Waals surface area contributed by atoms with Gasteiger partial charge in [0.1, 0.15) is 34.5 Å². The van der Waals surface area contributed by atoms with Crippen LogP contribution >= 0.6 is 0 Å². The number of carbonyl (C=O) groups is 6. The highest BCUT2D eigenvalue weighted by molar-refractivity contribution is 5.70. The van der Waals surface area contributed by atoms with E-state index < -0.39 is 99.5 Å². The molecule has 6 rings (SSSR count). The number of phenolic OH excluding ortho intramolecular Hbond substituents is 6. The van der Waals surface area contributed by atoms with Crippen LogP contribution in [0.5, 0.6) is 34.5 Å². The molecule has 0 fully saturated rings. The van der Waals surface area contributed by atoms with E-state index in [0.717, 1.165) is 100 Å². The molecular formula is C112H180O26. The number of benzene rings is 6. The Morgan fingerprint density at radius 3 is 0.283 bits per heavy atom. The Balaban J connectivity index is 0. The average Bonchev–Trinajstić information content (AvgIpc) is 0.808. The Kier molecular flexibility index (Phi) is 50.1. The molecule has 0 bridgehead atoms. The zero-order valence-electron chi connectivity index (χ0n) is 90.5. The standard InChI is InChI=1S/6C17H26O3.2C5H12O4/c6*1-16(2,3)12-9-11(7-8-14(18)19)10-13(15(12)20)17(4,5)6;2*6-1-5(2-7,3-8)4-9/h6*9-10,20H,7-8H2,1-6H3,(H,18,19);2*6-9H,1-4H2. The van der Waals surface area contributed by atoms with E-state index >= 15 is 0 Å². The molecule has 6 aromatic rings. The van der Waals surface area contributed by atoms with Crippen molar-refractivity contribution in [2.75, 3.05) is 52.9 Å². The molecule has 0 radical (unpaired) electrons. The smallest absolute Gasteiger partial charge is 0.303 e. The van der Waals surface area contributed by atoms with E-state index in [1.165, 1.54) is 0 Å². The monoisotopic (exact) mass is 1940 g/mol. The number of carboxylic acid groups (broad SMARTS) is 6. The number of carboxylic acids is 6. The van der Waals surface area contributed by atoms with Crippen LogP contribution in [0.4, 0.5) is 0 Å². The molecule has 0 aliphatic carbocycles. The first-order valence-corrected chi connectivity index (χ1v) is 47.4. The summed E-state index contributed by atoms with van der Waals surface area (Å²) in [6, 6.07) is 23.3. The molecule has 0 aliphatic heterocycles. The normalized spacial score (nSPS) is 12.4. The maximum Gasteiger partial charge on any atom is 0.303 e. The topological polar surface area (TPSA) is 507 Å². The third kappa shape index (κ3) is 44.2. The molecule has 26 nitrogen and oxygen atoms in total. The van der Waals surface area contributed by atoms with Crippen molar-refractivity contribution in [2.24, 2.45) is 10.8 Å². The number of aromatic hydroxyl groups is 6. The van der Waals surface area contributed by atoms with Gasteiger partial charge in [0.25, 0.3) is 0 Å². The fourth-order valence-corrected chi connectivity index (χ4v) is 14.0. The Morgan fingerprint density at radius 2 is 0.239 bits per heavy atom. The largest absolute Gasteiger partial charge is 0.507 e. The van der Waals surface area contributed by atoms with Gasteiger partial charge in [-0.05, 0) is 204 Å². The van der Waals surface area contributed by atoms with Crippen molar-refractivity contribution in [3.63, 3.8) is 0 Å². The molecule has 6 aromatic carbocycles. The minimum atomic E-state index is -1.11. The first-order chi connectivity index (χ1) is 62.0. The van der Waals surface area contributed by atoms with Gasteiger partial charge in [0.15, 0.2) is 0 Å². The Labute approximate surface area is 824 Å². The summed E-state index contributed by atoms with van der Waals surface area (Å²) in [5.74, 6) is -2.77. The summed E-state index contributed by atoms with van der Waals surface area (Å²) in [6.07, 6.45) is 3.58. The van der Waals surface area contributed by atoms with Gasteiger partial charge >= 0.3 is 35.8 Å². The molecule has 26 heteroatoms. The van der Waals surface area contributed by atoms with Crippen molar-refractivity contribution in [2.45, 2.75) is 391 Å². The van der Waals surface area contributed by atoms with Crippen LogP contribution in [0.3, 0.4) is 0 Å². The average molecular weight is 1940 g/mol. The number of hydrogen-bond acceptors (Lipinski definition) is 20. The van der Waals surface area contributed by atoms with Crippen LogP contribution in [0.15, 0.2) is 72.8 Å². The van der Waals surface area contributed by atoms with Gasteiger partial charge in [0, 0.05) is 38.5 Å². The zero-order valence-corrected chi connectivity index (χ0v) is 90.5. The van der Waals surface area contributed by atoms with Crippen LogP contribution in [0.25, 0.3) is 0 Å². The molecule has 784 valence electrons. The Bertz CT molecular complexity index is 3880. The number of phenols is 6. The number of aliphatic hydroxyl groups excluding tert-OH is 8. The van der Waals surface area contributed by atoms with Crippen molar-refractivity contribution < 1.29 is 131 Å². The van der Waals surface area contributed by atoms with Gasteiger partial charge in [-0.2, -0.15) is 0 Å². The van der Waals surface area contributed by atoms with Crippen LogP contribution in [0.2, 0.25) is 0 Å². The van der Waals surface area contributed by atoms with Crippen molar-refractivity contribution in [1.29, 1.82) is 0 Å². The molecule has 0 aliphatic rings. The van der Waals surface area contributed by atoms with E-state index in [2.05, 4.69) is 249 Å². The molecule has 0 aromatic heterocycles. The number of aliphatic hydroxyl groups is 8. The van der Waals surface area contributed by atoms with Gasteiger partial charge in [0.2, 0.25) is 0 Å². The highest BCUT2D eigenvalue weighted by Crippen LogP contribution is 2.47. The number of hydrogen-bond donors (Lipinski definition) is 20. The van der Waals surface area contributed by atoms with E-state index in [-0.39, 0.29) is 104 Å². The summed E-state index contributed by atoms with van der Waals surface area (Å²) >= 11 is 0. The van der Waals surface area contributed by atoms with Gasteiger partial charge in [0.05, 0.1) is 63.7 Å². The van der Waals surface area contributed by atoms with Crippen molar-refractivity contribution in [3.05, 3.63) is 173 Å². The molecule has 0 spiro atoms. The predicted octanol–water partition coefficient (Wildman–Crippen LogP) is 19.9. The van der Waals surface area contributed by atoms with Gasteiger partial charge in [-0.1, -0.05) is 322 Å². The highest BCUT2D eigenvalue weighted by atomic mass is 16.4. The van der Waals surface area contributed by atoms with Crippen molar-refractivity contribution >= 4 is 35.8 Å². The zero-order chi connectivity index (χ0) is 109. The van der Waals surface area contributed by atoms with Crippen LogP contribution in [0.1, 0.15) is 388 Å². The summed E-state index contributed by atoms with van der Waals surface area (Å²) < 4.78 is 0. The molecule has 0 saturated heterocycles. The first kappa shape index (κ1) is 131. The second-order valence-corrected chi connectivity index (χ2v) is 48.9. The summed E-state index contributed by atoms with van der Waals surface area (Å²) in [7, 11) is 0. The lowest BCUT2D eigenvalue weighted by molar-refractivity contribution is -0.138. The molecule has 0 atom stereocenters. The van der Waals surface area contributed by atoms with Gasteiger partial charge in [-0.3, -0.25) is 28.8 Å². The third-order valence-electron chi connectivity index (χ3n) is 23.2. The van der Waals surface area contributed by atoms with Crippen LogP contribution in [-0.2, 0) is 132 Å². The van der Waals surface area contributed by atoms with Gasteiger partial charge < -0.3 is 102 Å². The van der Waals surface area contributed by atoms with Crippen LogP contribution in [-0.4, -0.2) is 191 Å². The van der Waals surface area contributed by atoms with Crippen LogP contribution < -0.4 is 0 Å². The second-order valence-electron chi connectivity index (χ2n) is 48.9. The Hall–Kier alpha value is -9.38. The first-order valence-electron chi connectivity index (χ1n) is 47.4. The molecule has 20 N–H and O–H groups in total. The fourth-order valence-electron chi connectivity index (χ4n) is 14.0. The third-order valence-corrected chi connectivity index (χ3v) is 23.2. The predicted molar refractivity (Wildman–Crippen MR) is 550 cm³/mol. The van der Waals surface area contributed by atoms with E-state index in [4.69, 9.17) is 71.5 Å². The van der Waals surface area contributed by atoms with E-state index in [1.807, 2.05) is 72.8 Å². The molecular weight excluding hydrogens is 1760 g/mol. The number of aliphatic carboxylic acids is 6. The molecule has 0 heterocycles. The lowest BCUT2D eigenvalue weighted by Gasteiger charge is -2.28. The minimum absolute atomic E-state index is 0.109. The van der Waals surface area contributed by atoms with E-state index in [1.54, 1.807) is 0 Å². The SMILES string of the molecule is CC(C)(C)c1cc(CCC(=O)O)cc(C(C)(C)C)c1O.CC(C)(C)c1cc(CCC(=O)O)cc(C(C)(C)C)c1O.CC(C)(C)c1cc(CCC(=O)O)cc(C(C)(C)C)c1O.CC(C)(C)c1cc(CCC(=O)O)cc(C(C)(C)C)c1O.CC(C)(C)c1cc(CCC(=O)O)cc(C(C)(C)C)c1O.CC(C)(C)c1cc(CCC(=O)O)cc(C(C)(C)C)c1O.OCC(CO)(CO)CO.OCC(CO)(CO)CO. The quantitative estimate of drug-likeness (QED) is 0.0240. The fraction of sp³-hybridized carbons (Fsp3) is 0.625. The minimum Gasteiger partial charge on any atom is -0.507 e. The molecule has 138 heavy (non-hydrogen) atoms. The van der Waals surface area contributed by atoms with E-state index in [0.29, 0.717) is 73.0 Å². The van der Waals surface area contributed by atoms with Gasteiger partial charge in [-0.15, -0.1) is 0 Å². The highest BCUT2D eigenvalue weighted by Gasteiger charge is 2.35. The summed E-state index contributed by atoms with van der Waals surface area (Å²) in [6.45, 7) is 70.6. The van der Waals surface area contributed by atoms with Crippen LogP contribution in [0, 0.1) is 10.8 Å². The second kappa shape index (κ2) is 52.9. The van der Waals surface area contributed by atoms with Gasteiger partial charge in [-0.25, -0.2) is 0 Å².